The predicted molar refractivity (Wildman–Crippen MR) is 76.0 cm³/mol. The first kappa shape index (κ1) is 12.9. The Morgan fingerprint density at radius 1 is 1.45 bits per heavy atom. The molecule has 0 aliphatic carbocycles. The monoisotopic (exact) mass is 291 g/mol. The Labute approximate surface area is 119 Å². The number of hydrogen-bond donors (Lipinski definition) is 2. The zero-order valence-corrected chi connectivity index (χ0v) is 11.4. The molecule has 2 aromatic rings. The topological polar surface area (TPSA) is 82.5 Å². The maximum absolute atomic E-state index is 12.1. The number of nitrogens with zero attached hydrogens (tertiary/aromatic N) is 2. The highest BCUT2D eigenvalue weighted by atomic mass is 32.1. The number of anilines is 1. The van der Waals surface area contributed by atoms with Gasteiger partial charge < -0.3 is 15.3 Å². The third-order valence-electron chi connectivity index (χ3n) is 3.41. The lowest BCUT2D eigenvalue weighted by Gasteiger charge is -2.16. The molecule has 1 aliphatic heterocycles. The Morgan fingerprint density at radius 3 is 3.05 bits per heavy atom. The lowest BCUT2D eigenvalue weighted by Crippen LogP contribution is -2.33. The number of rotatable bonds is 2. The summed E-state index contributed by atoms with van der Waals surface area (Å²) in [6.07, 6.45) is 0.508. The molecule has 1 atom stereocenters. The van der Waals surface area contributed by atoms with Crippen LogP contribution < -0.4 is 5.32 Å². The molecule has 1 aliphatic rings. The number of thiazole rings is 1. The Morgan fingerprint density at radius 2 is 2.30 bits per heavy atom. The zero-order chi connectivity index (χ0) is 14.1. The van der Waals surface area contributed by atoms with Gasteiger partial charge in [-0.3, -0.25) is 4.79 Å². The molecule has 0 saturated carbocycles. The van der Waals surface area contributed by atoms with Gasteiger partial charge in [-0.2, -0.15) is 0 Å². The molecule has 1 aromatic carbocycles. The number of carboxylic acid groups (broad SMARTS) is 1. The first-order chi connectivity index (χ1) is 9.63. The van der Waals surface area contributed by atoms with Crippen molar-refractivity contribution in [3.63, 3.8) is 0 Å². The molecule has 3 rings (SSSR count). The van der Waals surface area contributed by atoms with E-state index in [1.54, 1.807) is 16.8 Å². The average Bonchev–Trinajstić information content (AvgIpc) is 3.07. The smallest absolute Gasteiger partial charge is 0.321 e. The molecule has 2 heterocycles. The second kappa shape index (κ2) is 5.09. The highest BCUT2D eigenvalue weighted by Gasteiger charge is 2.30. The molecular formula is C13H13N3O3S. The fraction of sp³-hybridized carbons (Fsp3) is 0.308. The summed E-state index contributed by atoms with van der Waals surface area (Å²) < 4.78 is 1.06. The number of nitrogens with one attached hydrogen (secondary N) is 1. The third-order valence-corrected chi connectivity index (χ3v) is 4.22. The van der Waals surface area contributed by atoms with Gasteiger partial charge in [-0.25, -0.2) is 9.78 Å². The van der Waals surface area contributed by atoms with Crippen LogP contribution in [-0.2, 0) is 4.79 Å². The minimum absolute atomic E-state index is 0.261. The van der Waals surface area contributed by atoms with E-state index in [1.165, 1.54) is 4.90 Å². The van der Waals surface area contributed by atoms with Gasteiger partial charge in [-0.05, 0) is 24.6 Å². The Hall–Kier alpha value is -2.15. The fourth-order valence-electron chi connectivity index (χ4n) is 2.28. The lowest BCUT2D eigenvalue weighted by molar-refractivity contribution is -0.141. The van der Waals surface area contributed by atoms with Gasteiger partial charge in [0.2, 0.25) is 0 Å². The molecule has 2 N–H and O–H groups in total. The summed E-state index contributed by atoms with van der Waals surface area (Å²) in [6, 6.07) is 5.29. The Balaban J connectivity index is 1.68. The molecule has 7 heteroatoms. The maximum atomic E-state index is 12.1. The second-order valence-corrected chi connectivity index (χ2v) is 5.62. The summed E-state index contributed by atoms with van der Waals surface area (Å²) in [7, 11) is 0. The summed E-state index contributed by atoms with van der Waals surface area (Å²) in [4.78, 5) is 28.7. The predicted octanol–water partition coefficient (Wildman–Crippen LogP) is 2.23. The van der Waals surface area contributed by atoms with E-state index in [9.17, 15) is 9.59 Å². The normalized spacial score (nSPS) is 18.4. The highest BCUT2D eigenvalue weighted by Crippen LogP contribution is 2.22. The molecule has 1 fully saturated rings. The van der Waals surface area contributed by atoms with Crippen molar-refractivity contribution < 1.29 is 14.7 Å². The molecule has 0 radical (unpaired) electrons. The SMILES string of the molecule is O=C(O)C1CCN(C(=O)Nc2ccc3scnc3c2)C1. The van der Waals surface area contributed by atoms with E-state index in [2.05, 4.69) is 10.3 Å². The molecule has 0 spiro atoms. The number of carbonyl (C=O) groups is 2. The summed E-state index contributed by atoms with van der Waals surface area (Å²) in [5.41, 5.74) is 3.28. The van der Waals surface area contributed by atoms with Gasteiger partial charge in [0.05, 0.1) is 21.6 Å². The van der Waals surface area contributed by atoms with Crippen LogP contribution in [0.4, 0.5) is 10.5 Å². The van der Waals surface area contributed by atoms with Crippen molar-refractivity contribution in [3.8, 4) is 0 Å². The Kier molecular flexibility index (Phi) is 3.27. The van der Waals surface area contributed by atoms with E-state index < -0.39 is 11.9 Å². The fourth-order valence-corrected chi connectivity index (χ4v) is 2.94. The van der Waals surface area contributed by atoms with Crippen molar-refractivity contribution >= 4 is 39.2 Å². The van der Waals surface area contributed by atoms with E-state index in [0.717, 1.165) is 10.2 Å². The van der Waals surface area contributed by atoms with Crippen LogP contribution in [0.3, 0.4) is 0 Å². The van der Waals surface area contributed by atoms with Crippen LogP contribution in [0.25, 0.3) is 10.2 Å². The number of fused-ring (bicyclic) bond motifs is 1. The largest absolute Gasteiger partial charge is 0.481 e. The summed E-state index contributed by atoms with van der Waals surface area (Å²) >= 11 is 1.54. The maximum Gasteiger partial charge on any atom is 0.321 e. The number of aliphatic carboxylic acids is 1. The van der Waals surface area contributed by atoms with Crippen molar-refractivity contribution in [2.24, 2.45) is 5.92 Å². The van der Waals surface area contributed by atoms with Crippen LogP contribution in [0.15, 0.2) is 23.7 Å². The van der Waals surface area contributed by atoms with Crippen molar-refractivity contribution in [1.29, 1.82) is 0 Å². The number of likely N-dealkylation sites (tertiary alicyclic amines) is 1. The van der Waals surface area contributed by atoms with Gasteiger partial charge in [0.15, 0.2) is 0 Å². The van der Waals surface area contributed by atoms with Crippen molar-refractivity contribution in [2.45, 2.75) is 6.42 Å². The average molecular weight is 291 g/mol. The third kappa shape index (κ3) is 2.44. The first-order valence-corrected chi connectivity index (χ1v) is 7.13. The van der Waals surface area contributed by atoms with Gasteiger partial charge in [0.1, 0.15) is 0 Å². The van der Waals surface area contributed by atoms with Crippen LogP contribution in [0.5, 0.6) is 0 Å². The zero-order valence-electron chi connectivity index (χ0n) is 10.6. The summed E-state index contributed by atoms with van der Waals surface area (Å²) in [6.45, 7) is 0.738. The number of hydrogen-bond acceptors (Lipinski definition) is 4. The molecule has 0 bridgehead atoms. The lowest BCUT2D eigenvalue weighted by atomic mass is 10.1. The molecule has 20 heavy (non-hydrogen) atoms. The molecule has 1 unspecified atom stereocenters. The van der Waals surface area contributed by atoms with Gasteiger partial charge in [0, 0.05) is 18.8 Å². The molecular weight excluding hydrogens is 278 g/mol. The molecule has 1 aromatic heterocycles. The van der Waals surface area contributed by atoms with Crippen LogP contribution in [0.2, 0.25) is 0 Å². The van der Waals surface area contributed by atoms with E-state index in [4.69, 9.17) is 5.11 Å². The van der Waals surface area contributed by atoms with E-state index in [1.807, 2.05) is 18.2 Å². The quantitative estimate of drug-likeness (QED) is 0.889. The van der Waals surface area contributed by atoms with Crippen molar-refractivity contribution in [1.82, 2.24) is 9.88 Å². The van der Waals surface area contributed by atoms with Crippen LogP contribution in [0, 0.1) is 5.92 Å². The van der Waals surface area contributed by atoms with Crippen LogP contribution >= 0.6 is 11.3 Å². The number of urea groups is 1. The molecule has 2 amide bonds. The van der Waals surface area contributed by atoms with Gasteiger partial charge in [0.25, 0.3) is 0 Å². The summed E-state index contributed by atoms with van der Waals surface area (Å²) in [5, 5.41) is 11.7. The minimum atomic E-state index is -0.843. The number of benzene rings is 1. The van der Waals surface area contributed by atoms with Crippen molar-refractivity contribution in [2.75, 3.05) is 18.4 Å². The molecule has 1 saturated heterocycles. The van der Waals surface area contributed by atoms with E-state index >= 15 is 0 Å². The standard InChI is InChI=1S/C13H13N3O3S/c17-12(18)8-3-4-16(6-8)13(19)15-9-1-2-11-10(5-9)14-7-20-11/h1-2,5,7-8H,3-4,6H2,(H,15,19)(H,17,18). The van der Waals surface area contributed by atoms with Gasteiger partial charge in [-0.1, -0.05) is 0 Å². The number of amides is 2. The molecule has 104 valence electrons. The minimum Gasteiger partial charge on any atom is -0.481 e. The van der Waals surface area contributed by atoms with Crippen molar-refractivity contribution in [3.05, 3.63) is 23.7 Å². The van der Waals surface area contributed by atoms with Gasteiger partial charge >= 0.3 is 12.0 Å². The number of aromatic nitrogens is 1. The van der Waals surface area contributed by atoms with Crippen LogP contribution in [-0.4, -0.2) is 40.1 Å². The second-order valence-electron chi connectivity index (χ2n) is 4.73. The Bertz CT molecular complexity index is 670. The number of carboxylic acids is 1. The summed E-state index contributed by atoms with van der Waals surface area (Å²) in [5.74, 6) is -1.30. The van der Waals surface area contributed by atoms with Gasteiger partial charge in [-0.15, -0.1) is 11.3 Å². The first-order valence-electron chi connectivity index (χ1n) is 6.25. The van der Waals surface area contributed by atoms with E-state index in [0.29, 0.717) is 18.7 Å². The molecule has 6 nitrogen and oxygen atoms in total. The number of carbonyl (C=O) groups excluding carboxylic acids is 1. The highest BCUT2D eigenvalue weighted by molar-refractivity contribution is 7.16. The van der Waals surface area contributed by atoms with Crippen LogP contribution in [0.1, 0.15) is 6.42 Å². The van der Waals surface area contributed by atoms with E-state index in [-0.39, 0.29) is 12.6 Å².